The third kappa shape index (κ3) is 19.1. The number of halogens is 5. The number of nitrogens with zero attached hydrogens (tertiary/aromatic N) is 2. The molecular formula is C116H80BBr5FeN4O7. The molecule has 134 heavy (non-hydrogen) atoms. The van der Waals surface area contributed by atoms with Gasteiger partial charge in [0.25, 0.3) is 17.3 Å². The van der Waals surface area contributed by atoms with E-state index >= 15 is 0 Å². The molecular weight excluding hydrogens is 2030 g/mol. The summed E-state index contributed by atoms with van der Waals surface area (Å²) in [6.45, 7) is 0. The number of rotatable bonds is 9. The molecule has 0 atom stereocenters. The standard InChI is InChI=1S/C28H16Br2.C27H17Br2NO.C20H13NO2.C20H15N.C14H8BrNO2.C6H7BO2.CH4.Fe/c29-18-13-17(14-19(30)15-18)26-16-27-22-9-2-1-7-20(22)21-8-3-5-11-24(21)28(27)25-12-6-4-10-23(25)26;28-19-14-18(15-20(29)16-19)27(31)30-26-24-13-7-5-11-22(24)21-10-4-6-12-23(21)25(26)17-8-2-1-3-9-17;22-21(23)20-18-13-7-5-11-16(18)15-10-4-6-12-17(15)19(20)14-8-2-1-3-9-14;21-20-18-13-7-5-11-16(18)15-10-4-6-12-17(15)19(20)14-8-2-1-3-9-14;15-13-11-7-3-1-5-9(11)10-6-2-4-8-12(10)14(13)16(17)18;8-7(9)6-4-2-1-3-5-6;;/h1-16H;1-16H,(H,30,31);1-13H;1-13H,21H2;1-8H;1-5,8-9H;1H4;. The third-order valence-corrected chi connectivity index (χ3v) is 26.2. The molecule has 18 heteroatoms. The Labute approximate surface area is 826 Å². The first-order valence-corrected chi connectivity index (χ1v) is 46.4. The van der Waals surface area contributed by atoms with Crippen molar-refractivity contribution >= 4 is 250 Å². The number of nitrogens with two attached hydrogens (primary N) is 1. The van der Waals surface area contributed by atoms with Gasteiger partial charge in [0.1, 0.15) is 4.47 Å². The van der Waals surface area contributed by atoms with E-state index < -0.39 is 7.12 Å². The number of carbonyl (C=O) groups excluding carboxylic acids is 1. The Kier molecular flexibility index (Phi) is 29.2. The number of fused-ring (bicyclic) bond motifs is 20. The smallest absolute Gasteiger partial charge is 0.423 e. The second-order valence-electron chi connectivity index (χ2n) is 31.4. The number of nitro benzene ring substituents is 2. The SMILES string of the molecule is Brc1cc(Br)cc(-c2cc3c4ccccc4c4ccccc4c3c3ccccc23)c1.C.Nc1c(-c2ccccc2)c2ccccc2c2ccccc12.O=C(Nc1c(-c2ccccc2)c2ccccc2c2ccccc12)c1cc(Br)cc(Br)c1.O=[N+]([O-])c1c(-c2ccccc2)c2ccccc2c2ccccc12.O=[N+]([O-])c1c(Br)c2ccccc2c2ccccc12.OB(O)c1ccccc1.[Fe]. The van der Waals surface area contributed by atoms with Gasteiger partial charge in [-0.2, -0.15) is 0 Å². The Balaban J connectivity index is 0.000000120. The summed E-state index contributed by atoms with van der Waals surface area (Å²) in [6, 6.07) is 143. The molecule has 23 aromatic carbocycles. The van der Waals surface area contributed by atoms with Gasteiger partial charge in [0.15, 0.2) is 0 Å². The van der Waals surface area contributed by atoms with Crippen molar-refractivity contribution in [2.45, 2.75) is 7.43 Å². The first kappa shape index (κ1) is 93.4. The van der Waals surface area contributed by atoms with Crippen molar-refractivity contribution in [1.29, 1.82) is 0 Å². The molecule has 1 amide bonds. The zero-order valence-electron chi connectivity index (χ0n) is 70.7. The Morgan fingerprint density at radius 2 is 0.560 bits per heavy atom. The van der Waals surface area contributed by atoms with Crippen LogP contribution in [0, 0.1) is 20.2 Å². The molecule has 5 N–H and O–H groups in total. The fourth-order valence-corrected chi connectivity index (χ4v) is 21.2. The number of amides is 1. The van der Waals surface area contributed by atoms with E-state index in [1.807, 2.05) is 194 Å². The third-order valence-electron chi connectivity index (χ3n) is 23.6. The first-order chi connectivity index (χ1) is 64.5. The second-order valence-corrected chi connectivity index (χ2v) is 35.9. The maximum atomic E-state index is 13.3. The van der Waals surface area contributed by atoms with Crippen LogP contribution in [0.15, 0.2) is 453 Å². The van der Waals surface area contributed by atoms with Crippen LogP contribution in [0.25, 0.3) is 174 Å². The molecule has 11 nitrogen and oxygen atoms in total. The van der Waals surface area contributed by atoms with Crippen molar-refractivity contribution in [3.05, 3.63) is 479 Å². The summed E-state index contributed by atoms with van der Waals surface area (Å²) in [5, 5.41) is 70.1. The molecule has 0 unspecified atom stereocenters. The van der Waals surface area contributed by atoms with E-state index in [0.717, 1.165) is 111 Å². The molecule has 0 aromatic heterocycles. The average molecular weight is 2110 g/mol. The van der Waals surface area contributed by atoms with Crippen LogP contribution in [-0.2, 0) is 17.1 Å². The molecule has 0 aliphatic rings. The van der Waals surface area contributed by atoms with Crippen molar-refractivity contribution in [3.63, 3.8) is 0 Å². The molecule has 0 spiro atoms. The molecule has 0 aliphatic heterocycles. The predicted octanol–water partition coefficient (Wildman–Crippen LogP) is 33.4. The van der Waals surface area contributed by atoms with Crippen LogP contribution in [0.5, 0.6) is 0 Å². The minimum absolute atomic E-state index is 0. The summed E-state index contributed by atoms with van der Waals surface area (Å²) in [4.78, 5) is 35.8. The number of nitrogen functional groups attached to an aromatic ring is 1. The van der Waals surface area contributed by atoms with Gasteiger partial charge < -0.3 is 21.1 Å². The molecule has 0 fully saturated rings. The molecule has 0 radical (unpaired) electrons. The number of benzene rings is 23. The maximum absolute atomic E-state index is 13.3. The van der Waals surface area contributed by atoms with Gasteiger partial charge in [-0.15, -0.1) is 0 Å². The van der Waals surface area contributed by atoms with Crippen molar-refractivity contribution in [3.8, 4) is 44.5 Å². The minimum atomic E-state index is -1.34. The van der Waals surface area contributed by atoms with Crippen LogP contribution in [0.2, 0.25) is 0 Å². The number of carbonyl (C=O) groups is 1. The first-order valence-electron chi connectivity index (χ1n) is 42.5. The largest absolute Gasteiger partial charge is 0.488 e. The van der Waals surface area contributed by atoms with E-state index in [4.69, 9.17) is 15.8 Å². The fraction of sp³-hybridized carbons (Fsp3) is 0.00862. The second kappa shape index (κ2) is 41.9. The van der Waals surface area contributed by atoms with Gasteiger partial charge in [-0.3, -0.25) is 25.0 Å². The van der Waals surface area contributed by atoms with Crippen LogP contribution in [-0.4, -0.2) is 32.9 Å². The van der Waals surface area contributed by atoms with E-state index in [1.165, 1.54) is 75.8 Å². The van der Waals surface area contributed by atoms with E-state index in [2.05, 4.69) is 291 Å². The number of hydrogen-bond acceptors (Lipinski definition) is 8. The van der Waals surface area contributed by atoms with Gasteiger partial charge in [0, 0.05) is 73.5 Å². The molecule has 0 aliphatic carbocycles. The van der Waals surface area contributed by atoms with E-state index in [1.54, 1.807) is 30.3 Å². The number of nitro groups is 2. The van der Waals surface area contributed by atoms with Crippen LogP contribution in [0.3, 0.4) is 0 Å². The average Bonchev–Trinajstić information content (AvgIpc) is 0.715. The van der Waals surface area contributed by atoms with Gasteiger partial charge in [0.2, 0.25) is 0 Å². The molecule has 0 heterocycles. The maximum Gasteiger partial charge on any atom is 0.488 e. The van der Waals surface area contributed by atoms with Gasteiger partial charge in [-0.05, 0) is 206 Å². The Morgan fingerprint density at radius 3 is 0.985 bits per heavy atom. The van der Waals surface area contributed by atoms with Gasteiger partial charge in [0.05, 0.1) is 31.9 Å². The molecule has 652 valence electrons. The Hall–Kier alpha value is -13.8. The van der Waals surface area contributed by atoms with Gasteiger partial charge in [-0.25, -0.2) is 0 Å². The zero-order valence-corrected chi connectivity index (χ0v) is 79.8. The van der Waals surface area contributed by atoms with Gasteiger partial charge >= 0.3 is 7.12 Å². The topological polar surface area (TPSA) is 182 Å². The van der Waals surface area contributed by atoms with Crippen molar-refractivity contribution in [2.75, 3.05) is 11.1 Å². The minimum Gasteiger partial charge on any atom is -0.423 e. The van der Waals surface area contributed by atoms with Crippen LogP contribution < -0.4 is 16.5 Å². The normalized spacial score (nSPS) is 10.9. The molecule has 0 saturated heterocycles. The fourth-order valence-electron chi connectivity index (χ4n) is 17.9. The van der Waals surface area contributed by atoms with E-state index in [-0.39, 0.29) is 51.6 Å². The predicted molar refractivity (Wildman–Crippen MR) is 578 cm³/mol. The van der Waals surface area contributed by atoms with E-state index in [9.17, 15) is 25.0 Å². The summed E-state index contributed by atoms with van der Waals surface area (Å²) in [6.07, 6.45) is 0. The van der Waals surface area contributed by atoms with Crippen LogP contribution >= 0.6 is 79.6 Å². The molecule has 0 saturated carbocycles. The summed E-state index contributed by atoms with van der Waals surface area (Å²) in [5.41, 5.74) is 18.0. The molecule has 23 aromatic rings. The van der Waals surface area contributed by atoms with Crippen molar-refractivity contribution < 1.29 is 41.8 Å². The number of anilines is 2. The van der Waals surface area contributed by atoms with Crippen LogP contribution in [0.4, 0.5) is 22.7 Å². The Morgan fingerprint density at radius 1 is 0.284 bits per heavy atom. The quantitative estimate of drug-likeness (QED) is 0.0362. The monoisotopic (exact) mass is 2100 g/mol. The number of hydrogen-bond donors (Lipinski definition) is 4. The summed E-state index contributed by atoms with van der Waals surface area (Å²) < 4.78 is 4.37. The zero-order chi connectivity index (χ0) is 91.0. The summed E-state index contributed by atoms with van der Waals surface area (Å²) in [7, 11) is -1.34. The summed E-state index contributed by atoms with van der Waals surface area (Å²) in [5.74, 6) is -0.153. The molecule has 23 rings (SSSR count). The molecule has 0 bridgehead atoms. The van der Waals surface area contributed by atoms with Crippen molar-refractivity contribution in [2.24, 2.45) is 0 Å². The van der Waals surface area contributed by atoms with Crippen molar-refractivity contribution in [1.82, 2.24) is 0 Å². The summed E-state index contributed by atoms with van der Waals surface area (Å²) >= 11 is 17.7. The van der Waals surface area contributed by atoms with Gasteiger partial charge in [-0.1, -0.05) is 447 Å². The van der Waals surface area contributed by atoms with Crippen LogP contribution in [0.1, 0.15) is 17.8 Å². The Bertz CT molecular complexity index is 8380. The number of nitrogens with one attached hydrogen (secondary N) is 1. The van der Waals surface area contributed by atoms with E-state index in [0.29, 0.717) is 31.8 Å².